The van der Waals surface area contributed by atoms with E-state index in [1.54, 1.807) is 0 Å². The zero-order chi connectivity index (χ0) is 15.2. The lowest BCUT2D eigenvalue weighted by atomic mass is 10.1. The minimum atomic E-state index is -0.651. The summed E-state index contributed by atoms with van der Waals surface area (Å²) in [6.45, 7) is 5.69. The molecule has 1 aromatic rings. The minimum absolute atomic E-state index is 0.130. The predicted octanol–water partition coefficient (Wildman–Crippen LogP) is 0.922. The Balaban J connectivity index is 2.75. The van der Waals surface area contributed by atoms with Crippen LogP contribution in [0.3, 0.4) is 0 Å². The number of aliphatic hydroxyl groups is 1. The van der Waals surface area contributed by atoms with Crippen LogP contribution in [0.2, 0.25) is 0 Å². The Bertz CT molecular complexity index is 452. The monoisotopic (exact) mass is 278 g/mol. The fourth-order valence-corrected chi connectivity index (χ4v) is 1.71. The Labute approximate surface area is 119 Å². The molecule has 0 aromatic heterocycles. The van der Waals surface area contributed by atoms with Gasteiger partial charge >= 0.3 is 11.8 Å². The van der Waals surface area contributed by atoms with Crippen molar-refractivity contribution in [1.29, 1.82) is 0 Å². The quantitative estimate of drug-likeness (QED) is 0.805. The second-order valence-electron chi connectivity index (χ2n) is 5.64. The third-order valence-corrected chi connectivity index (χ3v) is 2.56. The Morgan fingerprint density at radius 3 is 2.30 bits per heavy atom. The van der Waals surface area contributed by atoms with Gasteiger partial charge in [-0.15, -0.1) is 0 Å². The van der Waals surface area contributed by atoms with Crippen LogP contribution in [0.1, 0.15) is 26.3 Å². The van der Waals surface area contributed by atoms with Crippen LogP contribution in [0.25, 0.3) is 0 Å². The van der Waals surface area contributed by atoms with Crippen LogP contribution in [0, 0.1) is 0 Å². The maximum atomic E-state index is 12.1. The van der Waals surface area contributed by atoms with E-state index in [0.717, 1.165) is 5.56 Å². The number of aliphatic hydroxyl groups excluding tert-OH is 1. The van der Waals surface area contributed by atoms with Crippen LogP contribution in [-0.2, 0) is 16.1 Å². The molecule has 0 bridgehead atoms. The molecular weight excluding hydrogens is 256 g/mol. The van der Waals surface area contributed by atoms with Crippen molar-refractivity contribution >= 4 is 11.8 Å². The molecule has 0 radical (unpaired) electrons. The molecule has 0 atom stereocenters. The normalized spacial score (nSPS) is 11.0. The second kappa shape index (κ2) is 7.05. The van der Waals surface area contributed by atoms with Gasteiger partial charge in [0.2, 0.25) is 0 Å². The molecule has 0 saturated carbocycles. The third kappa shape index (κ3) is 5.40. The van der Waals surface area contributed by atoms with Gasteiger partial charge in [-0.1, -0.05) is 30.3 Å². The summed E-state index contributed by atoms with van der Waals surface area (Å²) in [6.07, 6.45) is 0. The molecule has 0 aliphatic heterocycles. The first-order valence-electron chi connectivity index (χ1n) is 6.59. The van der Waals surface area contributed by atoms with Crippen LogP contribution >= 0.6 is 0 Å². The van der Waals surface area contributed by atoms with Gasteiger partial charge in [-0.25, -0.2) is 0 Å². The van der Waals surface area contributed by atoms with E-state index in [4.69, 9.17) is 5.11 Å². The Morgan fingerprint density at radius 1 is 1.20 bits per heavy atom. The summed E-state index contributed by atoms with van der Waals surface area (Å²) in [4.78, 5) is 25.3. The van der Waals surface area contributed by atoms with Gasteiger partial charge in [-0.2, -0.15) is 0 Å². The van der Waals surface area contributed by atoms with Gasteiger partial charge in [0.05, 0.1) is 6.61 Å². The highest BCUT2D eigenvalue weighted by atomic mass is 16.3. The van der Waals surface area contributed by atoms with Crippen LogP contribution in [0.4, 0.5) is 0 Å². The molecule has 0 unspecified atom stereocenters. The van der Waals surface area contributed by atoms with E-state index in [9.17, 15) is 9.59 Å². The number of hydrogen-bond donors (Lipinski definition) is 2. The van der Waals surface area contributed by atoms with E-state index >= 15 is 0 Å². The number of benzene rings is 1. The van der Waals surface area contributed by atoms with E-state index in [1.165, 1.54) is 4.90 Å². The smallest absolute Gasteiger partial charge is 0.312 e. The lowest BCUT2D eigenvalue weighted by Gasteiger charge is -2.25. The first-order valence-corrected chi connectivity index (χ1v) is 6.59. The highest BCUT2D eigenvalue weighted by Crippen LogP contribution is 2.06. The highest BCUT2D eigenvalue weighted by molar-refractivity contribution is 6.35. The van der Waals surface area contributed by atoms with Crippen molar-refractivity contribution in [3.8, 4) is 0 Å². The van der Waals surface area contributed by atoms with Crippen LogP contribution in [-0.4, -0.2) is 40.5 Å². The number of rotatable bonds is 4. The van der Waals surface area contributed by atoms with Crippen molar-refractivity contribution < 1.29 is 14.7 Å². The van der Waals surface area contributed by atoms with E-state index in [1.807, 2.05) is 51.1 Å². The number of hydrogen-bond acceptors (Lipinski definition) is 3. The number of nitrogens with zero attached hydrogens (tertiary/aromatic N) is 1. The molecule has 5 nitrogen and oxygen atoms in total. The number of carbonyl (C=O) groups excluding carboxylic acids is 2. The number of amides is 2. The summed E-state index contributed by atoms with van der Waals surface area (Å²) < 4.78 is 0. The number of nitrogens with one attached hydrogen (secondary N) is 1. The first kappa shape index (κ1) is 16.2. The molecule has 1 aromatic carbocycles. The van der Waals surface area contributed by atoms with E-state index in [2.05, 4.69) is 5.32 Å². The van der Waals surface area contributed by atoms with Gasteiger partial charge < -0.3 is 15.3 Å². The molecule has 0 fully saturated rings. The van der Waals surface area contributed by atoms with Gasteiger partial charge in [0.15, 0.2) is 0 Å². The minimum Gasteiger partial charge on any atom is -0.395 e. The van der Waals surface area contributed by atoms with Gasteiger partial charge in [-0.05, 0) is 26.3 Å². The van der Waals surface area contributed by atoms with Gasteiger partial charge in [-0.3, -0.25) is 9.59 Å². The average Bonchev–Trinajstić information content (AvgIpc) is 2.36. The molecule has 0 heterocycles. The molecule has 0 saturated heterocycles. The molecule has 1 rings (SSSR count). The van der Waals surface area contributed by atoms with Crippen molar-refractivity contribution in [2.24, 2.45) is 0 Å². The van der Waals surface area contributed by atoms with Crippen molar-refractivity contribution in [1.82, 2.24) is 10.2 Å². The zero-order valence-electron chi connectivity index (χ0n) is 12.2. The fourth-order valence-electron chi connectivity index (χ4n) is 1.71. The molecule has 5 heteroatoms. The van der Waals surface area contributed by atoms with Crippen LogP contribution in [0.15, 0.2) is 30.3 Å². The zero-order valence-corrected chi connectivity index (χ0v) is 12.2. The molecule has 2 amide bonds. The van der Waals surface area contributed by atoms with Gasteiger partial charge in [0, 0.05) is 18.6 Å². The number of carbonyl (C=O) groups is 2. The standard InChI is InChI=1S/C15H22N2O3/c1-15(2,3)16-13(19)14(20)17(9-10-18)11-12-7-5-4-6-8-12/h4-8,18H,9-11H2,1-3H3,(H,16,19). The van der Waals surface area contributed by atoms with Gasteiger partial charge in [0.1, 0.15) is 0 Å². The fraction of sp³-hybridized carbons (Fsp3) is 0.467. The summed E-state index contributed by atoms with van der Waals surface area (Å²) in [7, 11) is 0. The topological polar surface area (TPSA) is 69.6 Å². The van der Waals surface area contributed by atoms with Crippen molar-refractivity contribution in [3.05, 3.63) is 35.9 Å². The lowest BCUT2D eigenvalue weighted by molar-refractivity contribution is -0.147. The molecule has 2 N–H and O–H groups in total. The van der Waals surface area contributed by atoms with Crippen molar-refractivity contribution in [2.75, 3.05) is 13.2 Å². The second-order valence-corrected chi connectivity index (χ2v) is 5.64. The molecular formula is C15H22N2O3. The Kier molecular flexibility index (Phi) is 5.70. The maximum absolute atomic E-state index is 12.1. The molecule has 0 aliphatic rings. The highest BCUT2D eigenvalue weighted by Gasteiger charge is 2.25. The summed E-state index contributed by atoms with van der Waals surface area (Å²) in [5, 5.41) is 11.7. The summed E-state index contributed by atoms with van der Waals surface area (Å²) in [5.41, 5.74) is 0.447. The van der Waals surface area contributed by atoms with Crippen LogP contribution < -0.4 is 5.32 Å². The largest absolute Gasteiger partial charge is 0.395 e. The summed E-state index contributed by atoms with van der Waals surface area (Å²) >= 11 is 0. The predicted molar refractivity (Wildman–Crippen MR) is 76.8 cm³/mol. The van der Waals surface area contributed by atoms with Crippen molar-refractivity contribution in [2.45, 2.75) is 32.9 Å². The Hall–Kier alpha value is -1.88. The summed E-state index contributed by atoms with van der Waals surface area (Å²) in [6, 6.07) is 9.37. The molecule has 0 spiro atoms. The van der Waals surface area contributed by atoms with E-state index in [0.29, 0.717) is 6.54 Å². The van der Waals surface area contributed by atoms with Crippen molar-refractivity contribution in [3.63, 3.8) is 0 Å². The average molecular weight is 278 g/mol. The van der Waals surface area contributed by atoms with E-state index < -0.39 is 17.4 Å². The summed E-state index contributed by atoms with van der Waals surface area (Å²) in [5.74, 6) is -1.28. The lowest BCUT2D eigenvalue weighted by Crippen LogP contribution is -2.49. The maximum Gasteiger partial charge on any atom is 0.312 e. The molecule has 20 heavy (non-hydrogen) atoms. The molecule has 0 aliphatic carbocycles. The van der Waals surface area contributed by atoms with Crippen LogP contribution in [0.5, 0.6) is 0 Å². The van der Waals surface area contributed by atoms with Gasteiger partial charge in [0.25, 0.3) is 0 Å². The third-order valence-electron chi connectivity index (χ3n) is 2.56. The molecule has 110 valence electrons. The first-order chi connectivity index (χ1) is 9.33. The Morgan fingerprint density at radius 2 is 1.80 bits per heavy atom. The van der Waals surface area contributed by atoms with E-state index in [-0.39, 0.29) is 13.2 Å². The SMILES string of the molecule is CC(C)(C)NC(=O)C(=O)N(CCO)Cc1ccccc1.